The van der Waals surface area contributed by atoms with Crippen molar-refractivity contribution in [1.29, 1.82) is 10.5 Å². The van der Waals surface area contributed by atoms with E-state index in [1.165, 1.54) is 13.2 Å². The Morgan fingerprint density at radius 1 is 1.33 bits per heavy atom. The molecule has 21 heavy (non-hydrogen) atoms. The second-order valence-corrected chi connectivity index (χ2v) is 4.55. The number of carbonyl (C=O) groups is 1. The maximum atomic E-state index is 11.9. The molecule has 0 saturated heterocycles. The predicted octanol–water partition coefficient (Wildman–Crippen LogP) is 2.73. The second-order valence-electron chi connectivity index (χ2n) is 4.55. The fraction of sp³-hybridized carbons (Fsp3) is 0.312. The fourth-order valence-electron chi connectivity index (χ4n) is 1.64. The number of hydrogen-bond donors (Lipinski definition) is 0. The molecule has 1 aromatic rings. The third-order valence-electron chi connectivity index (χ3n) is 2.70. The first-order chi connectivity index (χ1) is 10.0. The molecule has 0 aliphatic heterocycles. The van der Waals surface area contributed by atoms with Gasteiger partial charge in [-0.05, 0) is 23.8 Å². The quantitative estimate of drug-likeness (QED) is 0.592. The largest absolute Gasteiger partial charge is 0.493 e. The Morgan fingerprint density at radius 2 is 2.05 bits per heavy atom. The van der Waals surface area contributed by atoms with E-state index in [4.69, 9.17) is 20.0 Å². The molecule has 1 rings (SSSR count). The number of rotatable bonds is 6. The molecule has 0 bridgehead atoms. The van der Waals surface area contributed by atoms with Crippen molar-refractivity contribution in [3.8, 4) is 23.6 Å². The molecule has 0 fully saturated rings. The minimum absolute atomic E-state index is 0.0825. The molecule has 5 nitrogen and oxygen atoms in total. The van der Waals surface area contributed by atoms with Gasteiger partial charge in [0.15, 0.2) is 23.9 Å². The SMILES string of the molecule is COc1cc(/C=C(/C#N)C(=O)C(C)C)ccc1OCC#N. The van der Waals surface area contributed by atoms with E-state index < -0.39 is 0 Å². The smallest absolute Gasteiger partial charge is 0.175 e. The topological polar surface area (TPSA) is 83.1 Å². The van der Waals surface area contributed by atoms with Crippen molar-refractivity contribution in [2.24, 2.45) is 5.92 Å². The lowest BCUT2D eigenvalue weighted by atomic mass is 10.00. The maximum absolute atomic E-state index is 11.9. The number of hydrogen-bond acceptors (Lipinski definition) is 5. The van der Waals surface area contributed by atoms with Crippen LogP contribution in [0.25, 0.3) is 6.08 Å². The van der Waals surface area contributed by atoms with Gasteiger partial charge < -0.3 is 9.47 Å². The lowest BCUT2D eigenvalue weighted by Crippen LogP contribution is -2.08. The Bertz CT molecular complexity index is 634. The van der Waals surface area contributed by atoms with Crippen LogP contribution < -0.4 is 9.47 Å². The maximum Gasteiger partial charge on any atom is 0.175 e. The summed E-state index contributed by atoms with van der Waals surface area (Å²) in [5.41, 5.74) is 0.749. The number of methoxy groups -OCH3 is 1. The monoisotopic (exact) mass is 284 g/mol. The van der Waals surface area contributed by atoms with Crippen LogP contribution in [0.1, 0.15) is 19.4 Å². The van der Waals surface area contributed by atoms with Crippen molar-refractivity contribution in [3.63, 3.8) is 0 Å². The number of carbonyl (C=O) groups excluding carboxylic acids is 1. The van der Waals surface area contributed by atoms with Gasteiger partial charge in [0.25, 0.3) is 0 Å². The highest BCUT2D eigenvalue weighted by molar-refractivity contribution is 6.04. The Balaban J connectivity index is 3.12. The number of allylic oxidation sites excluding steroid dienone is 1. The molecule has 0 N–H and O–H groups in total. The molecule has 0 spiro atoms. The van der Waals surface area contributed by atoms with E-state index in [2.05, 4.69) is 0 Å². The number of ketones is 1. The van der Waals surface area contributed by atoms with Gasteiger partial charge in [0.2, 0.25) is 0 Å². The summed E-state index contributed by atoms with van der Waals surface area (Å²) in [6.45, 7) is 3.40. The average Bonchev–Trinajstić information content (AvgIpc) is 2.50. The van der Waals surface area contributed by atoms with Crippen LogP contribution in [0.5, 0.6) is 11.5 Å². The zero-order valence-electron chi connectivity index (χ0n) is 12.2. The van der Waals surface area contributed by atoms with Crippen LogP contribution in [-0.2, 0) is 4.79 Å². The summed E-state index contributed by atoms with van der Waals surface area (Å²) in [6, 6.07) is 8.77. The third-order valence-corrected chi connectivity index (χ3v) is 2.70. The van der Waals surface area contributed by atoms with Gasteiger partial charge in [0, 0.05) is 5.92 Å². The van der Waals surface area contributed by atoms with Crippen molar-refractivity contribution >= 4 is 11.9 Å². The van der Waals surface area contributed by atoms with Gasteiger partial charge in [-0.25, -0.2) is 0 Å². The van der Waals surface area contributed by atoms with Crippen molar-refractivity contribution in [3.05, 3.63) is 29.3 Å². The molecule has 0 amide bonds. The number of nitriles is 2. The molecule has 0 atom stereocenters. The van der Waals surface area contributed by atoms with Crippen molar-refractivity contribution < 1.29 is 14.3 Å². The van der Waals surface area contributed by atoms with E-state index in [9.17, 15) is 4.79 Å². The van der Waals surface area contributed by atoms with Crippen LogP contribution in [0.4, 0.5) is 0 Å². The lowest BCUT2D eigenvalue weighted by Gasteiger charge is -2.09. The van der Waals surface area contributed by atoms with E-state index in [1.54, 1.807) is 32.0 Å². The van der Waals surface area contributed by atoms with Crippen molar-refractivity contribution in [2.45, 2.75) is 13.8 Å². The molecule has 0 saturated carbocycles. The summed E-state index contributed by atoms with van der Waals surface area (Å²) in [6.07, 6.45) is 1.51. The Kier molecular flexibility index (Phi) is 5.98. The number of ether oxygens (including phenoxy) is 2. The van der Waals surface area contributed by atoms with Gasteiger partial charge in [-0.1, -0.05) is 19.9 Å². The highest BCUT2D eigenvalue weighted by Gasteiger charge is 2.14. The van der Waals surface area contributed by atoms with Crippen LogP contribution in [0.3, 0.4) is 0 Å². The van der Waals surface area contributed by atoms with Gasteiger partial charge in [0.1, 0.15) is 12.1 Å². The molecular weight excluding hydrogens is 268 g/mol. The van der Waals surface area contributed by atoms with Crippen molar-refractivity contribution in [1.82, 2.24) is 0 Å². The van der Waals surface area contributed by atoms with Crippen LogP contribution >= 0.6 is 0 Å². The minimum atomic E-state index is -0.240. The Morgan fingerprint density at radius 3 is 2.57 bits per heavy atom. The van der Waals surface area contributed by atoms with Gasteiger partial charge >= 0.3 is 0 Å². The molecule has 0 radical (unpaired) electrons. The highest BCUT2D eigenvalue weighted by Crippen LogP contribution is 2.29. The Labute approximate surface area is 124 Å². The van der Waals surface area contributed by atoms with Gasteiger partial charge in [-0.2, -0.15) is 10.5 Å². The fourth-order valence-corrected chi connectivity index (χ4v) is 1.64. The second kappa shape index (κ2) is 7.72. The minimum Gasteiger partial charge on any atom is -0.493 e. The number of benzene rings is 1. The van der Waals surface area contributed by atoms with Crippen LogP contribution in [0.15, 0.2) is 23.8 Å². The lowest BCUT2D eigenvalue weighted by molar-refractivity contribution is -0.117. The van der Waals surface area contributed by atoms with Gasteiger partial charge in [0.05, 0.1) is 12.7 Å². The predicted molar refractivity (Wildman–Crippen MR) is 77.5 cm³/mol. The first kappa shape index (κ1) is 16.3. The van der Waals surface area contributed by atoms with E-state index in [0.29, 0.717) is 17.1 Å². The molecule has 0 unspecified atom stereocenters. The Hall–Kier alpha value is -2.79. The first-order valence-electron chi connectivity index (χ1n) is 6.37. The molecule has 5 heteroatoms. The number of Topliss-reactive ketones (excluding diaryl/α,β-unsaturated/α-hetero) is 1. The highest BCUT2D eigenvalue weighted by atomic mass is 16.5. The zero-order valence-corrected chi connectivity index (χ0v) is 12.2. The molecule has 108 valence electrons. The van der Waals surface area contributed by atoms with E-state index in [1.807, 2.05) is 12.1 Å². The normalized spacial score (nSPS) is 10.7. The first-order valence-corrected chi connectivity index (χ1v) is 6.37. The zero-order chi connectivity index (χ0) is 15.8. The average molecular weight is 284 g/mol. The molecule has 0 aliphatic rings. The summed E-state index contributed by atoms with van der Waals surface area (Å²) in [5.74, 6) is 0.426. The summed E-state index contributed by atoms with van der Waals surface area (Å²) in [7, 11) is 1.48. The van der Waals surface area contributed by atoms with E-state index in [-0.39, 0.29) is 23.9 Å². The molecule has 0 aromatic heterocycles. The van der Waals surface area contributed by atoms with Crippen molar-refractivity contribution in [2.75, 3.05) is 13.7 Å². The standard InChI is InChI=1S/C16H16N2O3/c1-11(2)16(19)13(10-18)8-12-4-5-14(21-7-6-17)15(9-12)20-3/h4-5,8-9,11H,7H2,1-3H3/b13-8-. The summed E-state index contributed by atoms with van der Waals surface area (Å²) < 4.78 is 10.4. The molecular formula is C16H16N2O3. The van der Waals surface area contributed by atoms with Gasteiger partial charge in [-0.15, -0.1) is 0 Å². The molecule has 0 aliphatic carbocycles. The van der Waals surface area contributed by atoms with E-state index >= 15 is 0 Å². The van der Waals surface area contributed by atoms with E-state index in [0.717, 1.165) is 0 Å². The third kappa shape index (κ3) is 4.36. The van der Waals surface area contributed by atoms with Gasteiger partial charge in [-0.3, -0.25) is 4.79 Å². The summed E-state index contributed by atoms with van der Waals surface area (Å²) >= 11 is 0. The summed E-state index contributed by atoms with van der Waals surface area (Å²) in [4.78, 5) is 11.9. The van der Waals surface area contributed by atoms with Crippen LogP contribution in [0.2, 0.25) is 0 Å². The summed E-state index contributed by atoms with van der Waals surface area (Å²) in [5, 5.41) is 17.6. The number of nitrogens with zero attached hydrogens (tertiary/aromatic N) is 2. The molecule has 1 aromatic carbocycles. The van der Waals surface area contributed by atoms with Crippen LogP contribution in [-0.4, -0.2) is 19.5 Å². The van der Waals surface area contributed by atoms with Crippen LogP contribution in [0, 0.1) is 28.6 Å². The molecule has 0 heterocycles.